The molecule has 102 valence electrons. The van der Waals surface area contributed by atoms with Crippen LogP contribution in [0.2, 0.25) is 0 Å². The van der Waals surface area contributed by atoms with Crippen LogP contribution in [-0.4, -0.2) is 14.2 Å². The first-order valence-corrected chi connectivity index (χ1v) is 7.22. The fraction of sp³-hybridized carbons (Fsp3) is 0.600. The minimum atomic E-state index is 0.330. The van der Waals surface area contributed by atoms with Crippen LogP contribution in [0.3, 0.4) is 0 Å². The molecule has 3 heteroatoms. The van der Waals surface area contributed by atoms with Gasteiger partial charge in [-0.05, 0) is 50.4 Å². The third-order valence-corrected chi connectivity index (χ3v) is 4.14. The first-order chi connectivity index (χ1) is 8.42. The fourth-order valence-corrected chi connectivity index (χ4v) is 2.97. The highest BCUT2D eigenvalue weighted by atomic mass is 79.9. The Balaban J connectivity index is 3.34. The second kappa shape index (κ2) is 6.58. The number of rotatable bonds is 5. The average Bonchev–Trinajstić information content (AvgIpc) is 2.30. The Morgan fingerprint density at radius 1 is 1.33 bits per heavy atom. The zero-order valence-corrected chi connectivity index (χ0v) is 13.8. The van der Waals surface area contributed by atoms with Gasteiger partial charge in [0.15, 0.2) is 0 Å². The molecule has 0 aliphatic carbocycles. The Kier molecular flexibility index (Phi) is 5.67. The van der Waals surface area contributed by atoms with Crippen LogP contribution < -0.4 is 10.1 Å². The van der Waals surface area contributed by atoms with E-state index in [2.05, 4.69) is 55.0 Å². The second-order valence-corrected chi connectivity index (χ2v) is 6.07. The molecule has 0 spiro atoms. The van der Waals surface area contributed by atoms with Gasteiger partial charge in [-0.3, -0.25) is 0 Å². The van der Waals surface area contributed by atoms with E-state index in [1.165, 1.54) is 16.7 Å². The summed E-state index contributed by atoms with van der Waals surface area (Å²) < 4.78 is 6.77. The maximum Gasteiger partial charge on any atom is 0.126 e. The Morgan fingerprint density at radius 3 is 2.39 bits per heavy atom. The molecule has 0 amide bonds. The van der Waals surface area contributed by atoms with Crippen molar-refractivity contribution in [3.8, 4) is 5.75 Å². The number of aryl methyl sites for hydroxylation is 1. The molecule has 1 N–H and O–H groups in total. The molecule has 2 nitrogen and oxygen atoms in total. The quantitative estimate of drug-likeness (QED) is 0.871. The molecule has 1 atom stereocenters. The van der Waals surface area contributed by atoms with Gasteiger partial charge < -0.3 is 10.1 Å². The number of benzene rings is 1. The van der Waals surface area contributed by atoms with E-state index in [4.69, 9.17) is 4.74 Å². The second-order valence-electron chi connectivity index (χ2n) is 5.22. The molecule has 1 rings (SSSR count). The van der Waals surface area contributed by atoms with Crippen LogP contribution >= 0.6 is 15.9 Å². The largest absolute Gasteiger partial charge is 0.496 e. The topological polar surface area (TPSA) is 21.3 Å². The molecule has 0 heterocycles. The van der Waals surface area contributed by atoms with Crippen LogP contribution in [0, 0.1) is 19.8 Å². The highest BCUT2D eigenvalue weighted by Crippen LogP contribution is 2.38. The third-order valence-electron chi connectivity index (χ3n) is 3.32. The summed E-state index contributed by atoms with van der Waals surface area (Å²) in [5, 5.41) is 3.42. The van der Waals surface area contributed by atoms with Crippen molar-refractivity contribution < 1.29 is 4.74 Å². The van der Waals surface area contributed by atoms with E-state index in [1.54, 1.807) is 7.11 Å². The van der Waals surface area contributed by atoms with E-state index < -0.39 is 0 Å². The zero-order valence-electron chi connectivity index (χ0n) is 12.2. The lowest BCUT2D eigenvalue weighted by atomic mass is 9.91. The van der Waals surface area contributed by atoms with E-state index in [0.717, 1.165) is 16.6 Å². The van der Waals surface area contributed by atoms with Gasteiger partial charge in [0, 0.05) is 16.1 Å². The molecule has 0 saturated carbocycles. The molecule has 18 heavy (non-hydrogen) atoms. The monoisotopic (exact) mass is 313 g/mol. The maximum absolute atomic E-state index is 5.62. The summed E-state index contributed by atoms with van der Waals surface area (Å²) in [5.41, 5.74) is 3.71. The number of ether oxygens (including phenoxy) is 1. The molecule has 0 aliphatic rings. The molecule has 0 saturated heterocycles. The van der Waals surface area contributed by atoms with Crippen LogP contribution in [-0.2, 0) is 0 Å². The van der Waals surface area contributed by atoms with Crippen molar-refractivity contribution >= 4 is 15.9 Å². The number of hydrogen-bond acceptors (Lipinski definition) is 2. The van der Waals surface area contributed by atoms with Crippen molar-refractivity contribution in [2.24, 2.45) is 5.92 Å². The molecule has 1 unspecified atom stereocenters. The normalized spacial score (nSPS) is 12.9. The minimum Gasteiger partial charge on any atom is -0.496 e. The molecular formula is C15H24BrNO. The SMILES string of the molecule is CNC(CC(C)C)c1c(C)c(Br)cc(C)c1OC. The summed E-state index contributed by atoms with van der Waals surface area (Å²) in [6.07, 6.45) is 1.10. The van der Waals surface area contributed by atoms with Gasteiger partial charge in [-0.2, -0.15) is 0 Å². The van der Waals surface area contributed by atoms with Crippen molar-refractivity contribution in [2.75, 3.05) is 14.2 Å². The molecule has 0 aromatic heterocycles. The molecule has 0 fully saturated rings. The molecule has 1 aromatic carbocycles. The van der Waals surface area contributed by atoms with Crippen LogP contribution in [0.4, 0.5) is 0 Å². The van der Waals surface area contributed by atoms with Crippen LogP contribution in [0.15, 0.2) is 10.5 Å². The van der Waals surface area contributed by atoms with E-state index in [9.17, 15) is 0 Å². The summed E-state index contributed by atoms with van der Waals surface area (Å²) in [5.74, 6) is 1.65. The van der Waals surface area contributed by atoms with Gasteiger partial charge in [0.25, 0.3) is 0 Å². The lowest BCUT2D eigenvalue weighted by Crippen LogP contribution is -2.20. The number of hydrogen-bond donors (Lipinski definition) is 1. The zero-order chi connectivity index (χ0) is 13.9. The van der Waals surface area contributed by atoms with Gasteiger partial charge in [0.2, 0.25) is 0 Å². The Hall–Kier alpha value is -0.540. The number of nitrogens with one attached hydrogen (secondary N) is 1. The summed E-state index contributed by atoms with van der Waals surface area (Å²) in [4.78, 5) is 0. The summed E-state index contributed by atoms with van der Waals surface area (Å²) in [6.45, 7) is 8.73. The van der Waals surface area contributed by atoms with Gasteiger partial charge in [0.1, 0.15) is 5.75 Å². The summed E-state index contributed by atoms with van der Waals surface area (Å²) in [6, 6.07) is 2.45. The third kappa shape index (κ3) is 3.27. The molecule has 0 bridgehead atoms. The van der Waals surface area contributed by atoms with E-state index in [-0.39, 0.29) is 0 Å². The lowest BCUT2D eigenvalue weighted by molar-refractivity contribution is 0.385. The minimum absolute atomic E-state index is 0.330. The molecule has 0 aliphatic heterocycles. The van der Waals surface area contributed by atoms with Crippen LogP contribution in [0.25, 0.3) is 0 Å². The summed E-state index contributed by atoms with van der Waals surface area (Å²) >= 11 is 3.64. The fourth-order valence-electron chi connectivity index (χ4n) is 2.42. The Labute approximate surface area is 119 Å². The van der Waals surface area contributed by atoms with Gasteiger partial charge in [-0.1, -0.05) is 29.8 Å². The maximum atomic E-state index is 5.62. The highest BCUT2D eigenvalue weighted by molar-refractivity contribution is 9.10. The van der Waals surface area contributed by atoms with Crippen LogP contribution in [0.1, 0.15) is 43.0 Å². The van der Waals surface area contributed by atoms with Gasteiger partial charge in [0.05, 0.1) is 7.11 Å². The van der Waals surface area contributed by atoms with E-state index >= 15 is 0 Å². The van der Waals surface area contributed by atoms with Gasteiger partial charge in [-0.25, -0.2) is 0 Å². The highest BCUT2D eigenvalue weighted by Gasteiger charge is 2.21. The first kappa shape index (κ1) is 15.5. The predicted molar refractivity (Wildman–Crippen MR) is 81.4 cm³/mol. The standard InChI is InChI=1S/C15H24BrNO/c1-9(2)7-13(17-5)14-11(4)12(16)8-10(3)15(14)18-6/h8-9,13,17H,7H2,1-6H3. The Bertz CT molecular complexity index is 415. The van der Waals surface area contributed by atoms with Crippen molar-refractivity contribution in [1.82, 2.24) is 5.32 Å². The Morgan fingerprint density at radius 2 is 1.94 bits per heavy atom. The van der Waals surface area contributed by atoms with Crippen molar-refractivity contribution in [3.63, 3.8) is 0 Å². The predicted octanol–water partition coefficient (Wildman–Crippen LogP) is 4.38. The number of methoxy groups -OCH3 is 1. The van der Waals surface area contributed by atoms with E-state index in [1.807, 2.05) is 7.05 Å². The summed E-state index contributed by atoms with van der Waals surface area (Å²) in [7, 11) is 3.77. The lowest BCUT2D eigenvalue weighted by Gasteiger charge is -2.25. The smallest absolute Gasteiger partial charge is 0.126 e. The van der Waals surface area contributed by atoms with Crippen LogP contribution in [0.5, 0.6) is 5.75 Å². The first-order valence-electron chi connectivity index (χ1n) is 6.43. The van der Waals surface area contributed by atoms with Crippen molar-refractivity contribution in [3.05, 3.63) is 27.2 Å². The van der Waals surface area contributed by atoms with Crippen molar-refractivity contribution in [2.45, 2.75) is 40.2 Å². The number of halogens is 1. The average molecular weight is 314 g/mol. The van der Waals surface area contributed by atoms with Gasteiger partial charge >= 0.3 is 0 Å². The van der Waals surface area contributed by atoms with E-state index in [0.29, 0.717) is 12.0 Å². The molecule has 1 aromatic rings. The molecule has 0 radical (unpaired) electrons. The molecular weight excluding hydrogens is 290 g/mol. The van der Waals surface area contributed by atoms with Gasteiger partial charge in [-0.15, -0.1) is 0 Å². The van der Waals surface area contributed by atoms with Crippen molar-refractivity contribution in [1.29, 1.82) is 0 Å².